The van der Waals surface area contributed by atoms with Crippen molar-refractivity contribution in [3.8, 4) is 0 Å². The summed E-state index contributed by atoms with van der Waals surface area (Å²) in [6.45, 7) is 1.18. The summed E-state index contributed by atoms with van der Waals surface area (Å²) in [6, 6.07) is 16.9. The van der Waals surface area contributed by atoms with Crippen molar-refractivity contribution in [3.05, 3.63) is 78.5 Å². The summed E-state index contributed by atoms with van der Waals surface area (Å²) in [4.78, 5) is 44.6. The van der Waals surface area contributed by atoms with Gasteiger partial charge in [-0.15, -0.1) is 0 Å². The van der Waals surface area contributed by atoms with E-state index in [0.29, 0.717) is 18.8 Å². The van der Waals surface area contributed by atoms with Crippen LogP contribution in [-0.4, -0.2) is 65.9 Å². The Hall–Kier alpha value is -4.12. The first-order valence-electron chi connectivity index (χ1n) is 12.5. The highest BCUT2D eigenvalue weighted by molar-refractivity contribution is 5.99. The minimum absolute atomic E-state index is 0.209. The first-order valence-corrected chi connectivity index (χ1v) is 12.5. The van der Waals surface area contributed by atoms with Crippen molar-refractivity contribution < 1.29 is 14.4 Å². The molecule has 1 aromatic heterocycles. The van der Waals surface area contributed by atoms with E-state index < -0.39 is 23.9 Å². The lowest BCUT2D eigenvalue weighted by molar-refractivity contribution is -0.134. The standard InChI is InChI=1S/C28H35N7O3/c29-13-15-35(16-14-30)26(36)18-23(31)27(37)34-25(12-6-9-20-7-2-1-3-8-20)28(38)33-22-17-21-10-4-5-11-24(21)32-19-22/h1-11,17,19,23,25H,12-16,18,29-31H2,(H,33,38)(H,34,37)/b9-6+/t23-,25-/m0/s1. The Bertz CT molecular complexity index is 1240. The molecule has 0 aliphatic heterocycles. The van der Waals surface area contributed by atoms with Gasteiger partial charge in [-0.05, 0) is 24.1 Å². The highest BCUT2D eigenvalue weighted by atomic mass is 16.2. The number of hydrogen-bond acceptors (Lipinski definition) is 7. The highest BCUT2D eigenvalue weighted by Crippen LogP contribution is 2.16. The van der Waals surface area contributed by atoms with Crippen LogP contribution in [0.1, 0.15) is 18.4 Å². The summed E-state index contributed by atoms with van der Waals surface area (Å²) in [5.41, 5.74) is 19.4. The molecule has 0 spiro atoms. The number of amides is 3. The predicted octanol–water partition coefficient (Wildman–Crippen LogP) is 1.23. The van der Waals surface area contributed by atoms with Gasteiger partial charge in [-0.2, -0.15) is 0 Å². The number of nitrogens with two attached hydrogens (primary N) is 3. The van der Waals surface area contributed by atoms with Crippen LogP contribution < -0.4 is 27.8 Å². The van der Waals surface area contributed by atoms with Crippen molar-refractivity contribution in [1.29, 1.82) is 0 Å². The molecular formula is C28H35N7O3. The molecule has 10 nitrogen and oxygen atoms in total. The van der Waals surface area contributed by atoms with Crippen LogP contribution in [0.15, 0.2) is 72.9 Å². The number of rotatable bonds is 13. The maximum Gasteiger partial charge on any atom is 0.247 e. The van der Waals surface area contributed by atoms with Crippen LogP contribution in [0.25, 0.3) is 17.0 Å². The van der Waals surface area contributed by atoms with Crippen molar-refractivity contribution in [3.63, 3.8) is 0 Å². The van der Waals surface area contributed by atoms with E-state index in [1.165, 1.54) is 4.90 Å². The van der Waals surface area contributed by atoms with Gasteiger partial charge in [-0.25, -0.2) is 0 Å². The van der Waals surface area contributed by atoms with E-state index in [1.54, 1.807) is 12.3 Å². The number of carbonyl (C=O) groups is 3. The predicted molar refractivity (Wildman–Crippen MR) is 150 cm³/mol. The van der Waals surface area contributed by atoms with E-state index in [-0.39, 0.29) is 31.8 Å². The number of nitrogens with one attached hydrogen (secondary N) is 2. The van der Waals surface area contributed by atoms with Crippen LogP contribution in [0.3, 0.4) is 0 Å². The van der Waals surface area contributed by atoms with E-state index in [2.05, 4.69) is 15.6 Å². The topological polar surface area (TPSA) is 169 Å². The maximum atomic E-state index is 13.2. The monoisotopic (exact) mass is 517 g/mol. The molecule has 0 saturated carbocycles. The van der Waals surface area contributed by atoms with Gasteiger partial charge in [0.15, 0.2) is 0 Å². The Morgan fingerprint density at radius 2 is 1.63 bits per heavy atom. The molecule has 0 bridgehead atoms. The van der Waals surface area contributed by atoms with Gasteiger partial charge >= 0.3 is 0 Å². The summed E-state index contributed by atoms with van der Waals surface area (Å²) >= 11 is 0. The summed E-state index contributed by atoms with van der Waals surface area (Å²) < 4.78 is 0. The largest absolute Gasteiger partial charge is 0.343 e. The molecule has 0 fully saturated rings. The summed E-state index contributed by atoms with van der Waals surface area (Å²) in [5, 5.41) is 6.40. The molecule has 2 aromatic carbocycles. The van der Waals surface area contributed by atoms with Crippen molar-refractivity contribution in [1.82, 2.24) is 15.2 Å². The molecule has 3 rings (SSSR count). The smallest absolute Gasteiger partial charge is 0.247 e. The van der Waals surface area contributed by atoms with E-state index in [4.69, 9.17) is 17.2 Å². The van der Waals surface area contributed by atoms with Gasteiger partial charge in [0.2, 0.25) is 17.7 Å². The van der Waals surface area contributed by atoms with Crippen LogP contribution in [0.4, 0.5) is 5.69 Å². The lowest BCUT2D eigenvalue weighted by atomic mass is 10.1. The van der Waals surface area contributed by atoms with Gasteiger partial charge in [0.05, 0.1) is 29.9 Å². The second kappa shape index (κ2) is 14.6. The number of hydrogen-bond donors (Lipinski definition) is 5. The van der Waals surface area contributed by atoms with E-state index in [0.717, 1.165) is 16.5 Å². The van der Waals surface area contributed by atoms with E-state index >= 15 is 0 Å². The van der Waals surface area contributed by atoms with Crippen molar-refractivity contribution in [2.75, 3.05) is 31.5 Å². The van der Waals surface area contributed by atoms with Gasteiger partial charge in [0.25, 0.3) is 0 Å². The van der Waals surface area contributed by atoms with Crippen LogP contribution in [-0.2, 0) is 14.4 Å². The highest BCUT2D eigenvalue weighted by Gasteiger charge is 2.26. The van der Waals surface area contributed by atoms with E-state index in [1.807, 2.05) is 66.7 Å². The number of aromatic nitrogens is 1. The summed E-state index contributed by atoms with van der Waals surface area (Å²) in [6.07, 6.45) is 5.21. The van der Waals surface area contributed by atoms with Crippen molar-refractivity contribution >= 4 is 40.4 Å². The Kier molecular flexibility index (Phi) is 10.9. The van der Waals surface area contributed by atoms with Crippen molar-refractivity contribution in [2.24, 2.45) is 17.2 Å². The molecule has 0 unspecified atom stereocenters. The molecule has 0 aliphatic rings. The lowest BCUT2D eigenvalue weighted by Gasteiger charge is -2.24. The Balaban J connectivity index is 1.71. The zero-order valence-electron chi connectivity index (χ0n) is 21.3. The van der Waals surface area contributed by atoms with Gasteiger partial charge in [0, 0.05) is 31.6 Å². The van der Waals surface area contributed by atoms with Crippen LogP contribution in [0, 0.1) is 0 Å². The molecule has 200 valence electrons. The fourth-order valence-electron chi connectivity index (χ4n) is 3.87. The summed E-state index contributed by atoms with van der Waals surface area (Å²) in [5.74, 6) is -1.36. The van der Waals surface area contributed by atoms with Crippen molar-refractivity contribution in [2.45, 2.75) is 24.9 Å². The number of carbonyl (C=O) groups excluding carboxylic acids is 3. The molecule has 3 amide bonds. The second-order valence-electron chi connectivity index (χ2n) is 8.78. The third-order valence-corrected chi connectivity index (χ3v) is 5.85. The first kappa shape index (κ1) is 28.5. The van der Waals surface area contributed by atoms with Gasteiger partial charge in [-0.3, -0.25) is 19.4 Å². The maximum absolute atomic E-state index is 13.2. The molecule has 10 heteroatoms. The number of pyridine rings is 1. The Morgan fingerprint density at radius 3 is 2.34 bits per heavy atom. The molecule has 38 heavy (non-hydrogen) atoms. The number of nitrogens with zero attached hydrogens (tertiary/aromatic N) is 2. The van der Waals surface area contributed by atoms with Gasteiger partial charge < -0.3 is 32.7 Å². The SMILES string of the molecule is NCCN(CCN)C(=O)C[C@H](N)C(=O)N[C@@H](C/C=C/c1ccccc1)C(=O)Nc1cnc2ccccc2c1. The molecule has 2 atom stereocenters. The zero-order valence-corrected chi connectivity index (χ0v) is 21.3. The quantitative estimate of drug-likeness (QED) is 0.227. The molecule has 3 aromatic rings. The summed E-state index contributed by atoms with van der Waals surface area (Å²) in [7, 11) is 0. The Labute approximate surface area is 222 Å². The molecule has 8 N–H and O–H groups in total. The van der Waals surface area contributed by atoms with Gasteiger partial charge in [0.1, 0.15) is 6.04 Å². The van der Waals surface area contributed by atoms with Gasteiger partial charge in [-0.1, -0.05) is 60.7 Å². The zero-order chi connectivity index (χ0) is 27.3. The average molecular weight is 518 g/mol. The van der Waals surface area contributed by atoms with Crippen LogP contribution in [0.2, 0.25) is 0 Å². The lowest BCUT2D eigenvalue weighted by Crippen LogP contribution is -2.51. The number of para-hydroxylation sites is 1. The van der Waals surface area contributed by atoms with Crippen LogP contribution in [0.5, 0.6) is 0 Å². The normalized spacial score (nSPS) is 12.7. The Morgan fingerprint density at radius 1 is 0.947 bits per heavy atom. The fraction of sp³-hybridized carbons (Fsp3) is 0.286. The number of fused-ring (bicyclic) bond motifs is 1. The molecular weight excluding hydrogens is 482 g/mol. The second-order valence-corrected chi connectivity index (χ2v) is 8.78. The fourth-order valence-corrected chi connectivity index (χ4v) is 3.87. The number of anilines is 1. The third-order valence-electron chi connectivity index (χ3n) is 5.85. The molecule has 1 heterocycles. The average Bonchev–Trinajstić information content (AvgIpc) is 2.92. The molecule has 0 aliphatic carbocycles. The van der Waals surface area contributed by atoms with E-state index in [9.17, 15) is 14.4 Å². The third kappa shape index (κ3) is 8.48. The molecule has 0 saturated heterocycles. The minimum atomic E-state index is -1.14. The number of benzene rings is 2. The minimum Gasteiger partial charge on any atom is -0.343 e. The first-order chi connectivity index (χ1) is 18.4. The molecule has 0 radical (unpaired) electrons. The van der Waals surface area contributed by atoms with Crippen LogP contribution >= 0.6 is 0 Å².